The Morgan fingerprint density at radius 3 is 2.66 bits per heavy atom. The van der Waals surface area contributed by atoms with E-state index in [-0.39, 0.29) is 24.2 Å². The second kappa shape index (κ2) is 13.6. The quantitative estimate of drug-likeness (QED) is 0.207. The van der Waals surface area contributed by atoms with E-state index in [0.29, 0.717) is 43.4 Å². The predicted octanol–water partition coefficient (Wildman–Crippen LogP) is 5.71. The number of esters is 1. The van der Waals surface area contributed by atoms with E-state index in [2.05, 4.69) is 38.6 Å². The highest BCUT2D eigenvalue weighted by Crippen LogP contribution is 2.47. The molecule has 0 radical (unpaired) electrons. The van der Waals surface area contributed by atoms with Gasteiger partial charge < -0.3 is 33.6 Å². The van der Waals surface area contributed by atoms with Crippen molar-refractivity contribution in [3.8, 4) is 11.5 Å². The molecule has 0 spiro atoms. The van der Waals surface area contributed by atoms with Gasteiger partial charge in [0.05, 0.1) is 32.3 Å². The number of anilines is 1. The molecule has 4 aliphatic rings. The molecule has 7 rings (SSSR count). The molecular formula is C36H47N5O6. The minimum absolute atomic E-state index is 0.0479. The summed E-state index contributed by atoms with van der Waals surface area (Å²) in [6.07, 6.45) is 10.9. The standard InChI is InChI=1S/C36H47N5O6/c1-5-45-32(42)11-8-24-14-27(15-24)40(19-23-6-7-23)20-26-16-30(34-33(26)46-22(2)47-34)41-13-12-29-35(38-21-39-36(29)41)37-18-25-9-10-28(43-3)17-31(25)44-4/h9-10,12-13,17,21,23-24,26-27,30,33-34H,2,5-8,11,14-16,18-20H2,1,3-4H3,(H,37,38,39)/t24?,26-,27?,30-,33-,34+/m1/s1. The molecule has 0 amide bonds. The molecule has 3 heterocycles. The van der Waals surface area contributed by atoms with Gasteiger partial charge in [0, 0.05) is 55.8 Å². The zero-order valence-electron chi connectivity index (χ0n) is 27.7. The maximum atomic E-state index is 11.9. The molecule has 0 bridgehead atoms. The summed E-state index contributed by atoms with van der Waals surface area (Å²) in [5.74, 6) is 4.31. The van der Waals surface area contributed by atoms with Gasteiger partial charge in [0.15, 0.2) is 6.10 Å². The van der Waals surface area contributed by atoms with Crippen LogP contribution in [-0.4, -0.2) is 77.6 Å². The van der Waals surface area contributed by atoms with Crippen LogP contribution in [0.1, 0.15) is 63.5 Å². The minimum Gasteiger partial charge on any atom is -0.497 e. The average Bonchev–Trinajstić information content (AvgIpc) is 3.49. The predicted molar refractivity (Wildman–Crippen MR) is 177 cm³/mol. The van der Waals surface area contributed by atoms with Gasteiger partial charge >= 0.3 is 5.97 Å². The fourth-order valence-electron chi connectivity index (χ4n) is 7.81. The second-order valence-corrected chi connectivity index (χ2v) is 13.5. The van der Waals surface area contributed by atoms with Crippen molar-refractivity contribution in [2.45, 2.75) is 82.7 Å². The van der Waals surface area contributed by atoms with Crippen molar-refractivity contribution in [3.63, 3.8) is 0 Å². The Labute approximate surface area is 276 Å². The van der Waals surface area contributed by atoms with Crippen LogP contribution in [0.4, 0.5) is 5.82 Å². The van der Waals surface area contributed by atoms with Crippen LogP contribution in [0.2, 0.25) is 0 Å². The minimum atomic E-state index is -0.125. The van der Waals surface area contributed by atoms with Crippen LogP contribution in [0.15, 0.2) is 49.3 Å². The van der Waals surface area contributed by atoms with Crippen LogP contribution in [0.25, 0.3) is 11.0 Å². The molecule has 3 saturated carbocycles. The van der Waals surface area contributed by atoms with E-state index >= 15 is 0 Å². The number of carbonyl (C=O) groups is 1. The molecule has 252 valence electrons. The number of aromatic nitrogens is 3. The maximum Gasteiger partial charge on any atom is 0.305 e. The smallest absolute Gasteiger partial charge is 0.305 e. The van der Waals surface area contributed by atoms with Gasteiger partial charge in [-0.3, -0.25) is 9.69 Å². The molecule has 11 heteroatoms. The molecule has 3 aliphatic carbocycles. The summed E-state index contributed by atoms with van der Waals surface area (Å²) in [5.41, 5.74) is 1.87. The molecule has 0 unspecified atom stereocenters. The van der Waals surface area contributed by atoms with Crippen LogP contribution < -0.4 is 14.8 Å². The zero-order chi connectivity index (χ0) is 32.5. The van der Waals surface area contributed by atoms with E-state index in [1.165, 1.54) is 12.8 Å². The highest BCUT2D eigenvalue weighted by atomic mass is 16.7. The topological polar surface area (TPSA) is 109 Å². The third-order valence-electron chi connectivity index (χ3n) is 10.5. The van der Waals surface area contributed by atoms with Gasteiger partial charge in [-0.2, -0.15) is 0 Å². The molecule has 11 nitrogen and oxygen atoms in total. The first kappa shape index (κ1) is 31.6. The van der Waals surface area contributed by atoms with E-state index in [4.69, 9.17) is 28.7 Å². The molecule has 1 aromatic carbocycles. The number of benzene rings is 1. The molecule has 1 N–H and O–H groups in total. The average molecular weight is 646 g/mol. The van der Waals surface area contributed by atoms with Crippen molar-refractivity contribution in [3.05, 3.63) is 54.9 Å². The monoisotopic (exact) mass is 645 g/mol. The number of ether oxygens (including phenoxy) is 5. The van der Waals surface area contributed by atoms with Crippen molar-refractivity contribution in [2.24, 2.45) is 17.8 Å². The first-order chi connectivity index (χ1) is 22.9. The summed E-state index contributed by atoms with van der Waals surface area (Å²) >= 11 is 0. The molecule has 2 aromatic heterocycles. The molecule has 47 heavy (non-hydrogen) atoms. The Morgan fingerprint density at radius 2 is 1.89 bits per heavy atom. The third kappa shape index (κ3) is 6.72. The largest absolute Gasteiger partial charge is 0.497 e. The van der Waals surface area contributed by atoms with Gasteiger partial charge in [-0.05, 0) is 82.1 Å². The lowest BCUT2D eigenvalue weighted by molar-refractivity contribution is -0.143. The van der Waals surface area contributed by atoms with E-state index in [0.717, 1.165) is 78.6 Å². The second-order valence-electron chi connectivity index (χ2n) is 13.5. The van der Waals surface area contributed by atoms with Crippen molar-refractivity contribution >= 4 is 22.8 Å². The summed E-state index contributed by atoms with van der Waals surface area (Å²) in [7, 11) is 3.31. The summed E-state index contributed by atoms with van der Waals surface area (Å²) in [6, 6.07) is 8.51. The fourth-order valence-corrected chi connectivity index (χ4v) is 7.81. The summed E-state index contributed by atoms with van der Waals surface area (Å²) in [6.45, 7) is 9.02. The van der Waals surface area contributed by atoms with Crippen molar-refractivity contribution in [1.82, 2.24) is 19.4 Å². The highest BCUT2D eigenvalue weighted by Gasteiger charge is 2.53. The maximum absolute atomic E-state index is 11.9. The number of nitrogens with one attached hydrogen (secondary N) is 1. The molecule has 1 aliphatic heterocycles. The molecular weight excluding hydrogens is 598 g/mol. The van der Waals surface area contributed by atoms with Gasteiger partial charge in [0.2, 0.25) is 0 Å². The Kier molecular flexibility index (Phi) is 9.16. The van der Waals surface area contributed by atoms with Crippen LogP contribution in [0.5, 0.6) is 11.5 Å². The lowest BCUT2D eigenvalue weighted by Gasteiger charge is -2.44. The Balaban J connectivity index is 1.05. The normalized spacial score (nSPS) is 26.4. The summed E-state index contributed by atoms with van der Waals surface area (Å²) in [5, 5.41) is 4.45. The summed E-state index contributed by atoms with van der Waals surface area (Å²) in [4.78, 5) is 23.9. The van der Waals surface area contributed by atoms with Gasteiger partial charge in [-0.15, -0.1) is 0 Å². The molecule has 1 saturated heterocycles. The Morgan fingerprint density at radius 1 is 1.06 bits per heavy atom. The van der Waals surface area contributed by atoms with E-state index < -0.39 is 0 Å². The number of carbonyl (C=O) groups excluding carboxylic acids is 1. The van der Waals surface area contributed by atoms with Gasteiger partial charge in [-0.25, -0.2) is 9.97 Å². The lowest BCUT2D eigenvalue weighted by Crippen LogP contribution is -2.48. The SMILES string of the molecule is C=C1O[C@@H]2[C@@H](CN(CC3CC3)C3CC(CCC(=O)OCC)C3)C[C@@H](n3ccc4c(NCc5ccc(OC)cc5OC)ncnc43)[C@@H]2O1. The van der Waals surface area contributed by atoms with Crippen LogP contribution in [0, 0.1) is 17.8 Å². The number of hydrogen-bond acceptors (Lipinski definition) is 10. The molecule has 3 aromatic rings. The first-order valence-corrected chi connectivity index (χ1v) is 17.1. The third-order valence-corrected chi connectivity index (χ3v) is 10.5. The number of fused-ring (bicyclic) bond motifs is 2. The van der Waals surface area contributed by atoms with Gasteiger partial charge in [0.25, 0.3) is 5.95 Å². The van der Waals surface area contributed by atoms with Crippen molar-refractivity contribution in [1.29, 1.82) is 0 Å². The number of nitrogens with zero attached hydrogens (tertiary/aromatic N) is 4. The number of hydrogen-bond donors (Lipinski definition) is 1. The first-order valence-electron chi connectivity index (χ1n) is 17.1. The molecule has 4 atom stereocenters. The molecule has 4 fully saturated rings. The Bertz CT molecular complexity index is 1580. The van der Waals surface area contributed by atoms with Crippen LogP contribution >= 0.6 is 0 Å². The fraction of sp³-hybridized carbons (Fsp3) is 0.583. The van der Waals surface area contributed by atoms with Crippen LogP contribution in [0.3, 0.4) is 0 Å². The number of methoxy groups -OCH3 is 2. The van der Waals surface area contributed by atoms with Crippen molar-refractivity contribution in [2.75, 3.05) is 39.2 Å². The van der Waals surface area contributed by atoms with E-state index in [1.54, 1.807) is 20.5 Å². The lowest BCUT2D eigenvalue weighted by atomic mass is 9.76. The highest BCUT2D eigenvalue weighted by molar-refractivity contribution is 5.87. The van der Waals surface area contributed by atoms with Gasteiger partial charge in [-0.1, -0.05) is 0 Å². The van der Waals surface area contributed by atoms with E-state index in [1.807, 2.05) is 25.1 Å². The summed E-state index contributed by atoms with van der Waals surface area (Å²) < 4.78 is 30.9. The van der Waals surface area contributed by atoms with Crippen molar-refractivity contribution < 1.29 is 28.5 Å². The zero-order valence-corrected chi connectivity index (χ0v) is 27.7. The van der Waals surface area contributed by atoms with Crippen LogP contribution in [-0.2, 0) is 25.5 Å². The van der Waals surface area contributed by atoms with Gasteiger partial charge in [0.1, 0.15) is 35.4 Å². The van der Waals surface area contributed by atoms with E-state index in [9.17, 15) is 4.79 Å². The number of rotatable bonds is 15. The Hall–Kier alpha value is -3.99.